The number of carbonyl (C=O) groups is 2. The quantitative estimate of drug-likeness (QED) is 0.798. The molecule has 0 aromatic rings. The summed E-state index contributed by atoms with van der Waals surface area (Å²) in [5, 5.41) is 8.95. The molecule has 1 atom stereocenters. The molecular formula is C11H19NO3S2. The molecule has 17 heavy (non-hydrogen) atoms. The Balaban J connectivity index is 2.18. The number of carbonyl (C=O) groups excluding carboxylic acids is 1. The van der Waals surface area contributed by atoms with E-state index in [1.165, 1.54) is 5.75 Å². The third kappa shape index (κ3) is 6.21. The van der Waals surface area contributed by atoms with Crippen LogP contribution in [0.1, 0.15) is 19.3 Å². The van der Waals surface area contributed by atoms with E-state index in [0.717, 1.165) is 11.5 Å². The van der Waals surface area contributed by atoms with Crippen molar-refractivity contribution in [3.05, 3.63) is 0 Å². The van der Waals surface area contributed by atoms with Crippen LogP contribution in [-0.4, -0.2) is 58.0 Å². The van der Waals surface area contributed by atoms with Gasteiger partial charge in [0.2, 0.25) is 5.91 Å². The number of carboxylic acid groups (broad SMARTS) is 1. The Morgan fingerprint density at radius 3 is 2.76 bits per heavy atom. The van der Waals surface area contributed by atoms with Gasteiger partial charge in [-0.2, -0.15) is 23.5 Å². The van der Waals surface area contributed by atoms with E-state index in [9.17, 15) is 9.59 Å². The van der Waals surface area contributed by atoms with Gasteiger partial charge in [-0.25, -0.2) is 0 Å². The van der Waals surface area contributed by atoms with E-state index < -0.39 is 5.97 Å². The lowest BCUT2D eigenvalue weighted by atomic mass is 10.2. The molecule has 1 aliphatic heterocycles. The fourth-order valence-electron chi connectivity index (χ4n) is 1.60. The molecule has 1 amide bonds. The van der Waals surface area contributed by atoms with Gasteiger partial charge >= 0.3 is 5.97 Å². The molecule has 1 heterocycles. The third-order valence-corrected chi connectivity index (χ3v) is 5.44. The third-order valence-electron chi connectivity index (χ3n) is 2.60. The second kappa shape index (κ2) is 7.87. The van der Waals surface area contributed by atoms with E-state index in [2.05, 4.69) is 0 Å². The normalized spacial score (nSPS) is 19.9. The first kappa shape index (κ1) is 14.7. The lowest BCUT2D eigenvalue weighted by Crippen LogP contribution is -2.31. The lowest BCUT2D eigenvalue weighted by molar-refractivity contribution is -0.138. The first-order valence-electron chi connectivity index (χ1n) is 5.74. The molecule has 0 aromatic carbocycles. The largest absolute Gasteiger partial charge is 0.481 e. The van der Waals surface area contributed by atoms with Gasteiger partial charge in [0.15, 0.2) is 0 Å². The Morgan fingerprint density at radius 2 is 2.18 bits per heavy atom. The summed E-state index contributed by atoms with van der Waals surface area (Å²) < 4.78 is 0. The summed E-state index contributed by atoms with van der Waals surface area (Å²) >= 11 is 3.78. The molecule has 1 unspecified atom stereocenters. The van der Waals surface area contributed by atoms with Crippen LogP contribution in [-0.2, 0) is 9.59 Å². The van der Waals surface area contributed by atoms with E-state index in [1.807, 2.05) is 23.5 Å². The Hall–Kier alpha value is -0.360. The molecule has 0 saturated carbocycles. The van der Waals surface area contributed by atoms with Crippen LogP contribution < -0.4 is 0 Å². The molecule has 1 saturated heterocycles. The van der Waals surface area contributed by atoms with Gasteiger partial charge in [0.1, 0.15) is 0 Å². The van der Waals surface area contributed by atoms with Crippen LogP contribution in [0.25, 0.3) is 0 Å². The van der Waals surface area contributed by atoms with Crippen LogP contribution in [0.2, 0.25) is 0 Å². The molecule has 0 bridgehead atoms. The number of thioether (sulfide) groups is 2. The van der Waals surface area contributed by atoms with Crippen molar-refractivity contribution in [2.24, 2.45) is 0 Å². The molecule has 98 valence electrons. The van der Waals surface area contributed by atoms with Gasteiger partial charge in [-0.1, -0.05) is 0 Å². The van der Waals surface area contributed by atoms with Crippen molar-refractivity contribution in [1.29, 1.82) is 0 Å². The van der Waals surface area contributed by atoms with E-state index in [0.29, 0.717) is 24.6 Å². The second-order valence-corrected chi connectivity index (χ2v) is 6.64. The maximum atomic E-state index is 11.8. The summed E-state index contributed by atoms with van der Waals surface area (Å²) in [4.78, 5) is 23.9. The maximum Gasteiger partial charge on any atom is 0.303 e. The highest BCUT2D eigenvalue weighted by Crippen LogP contribution is 2.26. The van der Waals surface area contributed by atoms with Gasteiger partial charge in [0.25, 0.3) is 0 Å². The molecule has 0 radical (unpaired) electrons. The Bertz CT molecular complexity index is 267. The molecule has 0 spiro atoms. The standard InChI is InChI=1S/C11H19NO3S2/c1-12(4-2-3-11(14)15)10(13)7-9-8-16-5-6-17-9/h9H,2-8H2,1H3,(H,14,15). The minimum absolute atomic E-state index is 0.131. The van der Waals surface area contributed by atoms with Gasteiger partial charge in [0.05, 0.1) is 0 Å². The zero-order valence-electron chi connectivity index (χ0n) is 10.1. The van der Waals surface area contributed by atoms with Crippen molar-refractivity contribution in [3.63, 3.8) is 0 Å². The Labute approximate surface area is 111 Å². The molecule has 0 aromatic heterocycles. The highest BCUT2D eigenvalue weighted by atomic mass is 32.2. The molecule has 1 rings (SSSR count). The molecule has 0 aliphatic carbocycles. The first-order chi connectivity index (χ1) is 8.09. The van der Waals surface area contributed by atoms with Crippen molar-refractivity contribution >= 4 is 35.4 Å². The number of amides is 1. The number of nitrogens with zero attached hydrogens (tertiary/aromatic N) is 1. The summed E-state index contributed by atoms with van der Waals surface area (Å²) in [5.41, 5.74) is 0. The van der Waals surface area contributed by atoms with Gasteiger partial charge < -0.3 is 10.0 Å². The Kier molecular flexibility index (Phi) is 6.80. The SMILES string of the molecule is CN(CCCC(=O)O)C(=O)CC1CSCCS1. The summed E-state index contributed by atoms with van der Waals surface area (Å²) in [5.74, 6) is 2.70. The minimum Gasteiger partial charge on any atom is -0.481 e. The second-order valence-electron chi connectivity index (χ2n) is 4.08. The predicted molar refractivity (Wildman–Crippen MR) is 72.7 cm³/mol. The summed E-state index contributed by atoms with van der Waals surface area (Å²) in [6, 6.07) is 0. The van der Waals surface area contributed by atoms with E-state index >= 15 is 0 Å². The van der Waals surface area contributed by atoms with Crippen molar-refractivity contribution < 1.29 is 14.7 Å². The van der Waals surface area contributed by atoms with Crippen molar-refractivity contribution in [3.8, 4) is 0 Å². The highest BCUT2D eigenvalue weighted by Gasteiger charge is 2.19. The van der Waals surface area contributed by atoms with E-state index in [4.69, 9.17) is 5.11 Å². The smallest absolute Gasteiger partial charge is 0.303 e. The van der Waals surface area contributed by atoms with Crippen LogP contribution in [0.5, 0.6) is 0 Å². The lowest BCUT2D eigenvalue weighted by Gasteiger charge is -2.23. The molecule has 1 N–H and O–H groups in total. The van der Waals surface area contributed by atoms with Crippen molar-refractivity contribution in [1.82, 2.24) is 4.90 Å². The number of hydrogen-bond donors (Lipinski definition) is 1. The maximum absolute atomic E-state index is 11.8. The number of aliphatic carboxylic acids is 1. The van der Waals surface area contributed by atoms with Crippen molar-refractivity contribution in [2.75, 3.05) is 30.9 Å². The van der Waals surface area contributed by atoms with Gasteiger partial charge in [-0.15, -0.1) is 0 Å². The van der Waals surface area contributed by atoms with E-state index in [-0.39, 0.29) is 12.3 Å². The molecule has 4 nitrogen and oxygen atoms in total. The average Bonchev–Trinajstić information content (AvgIpc) is 2.29. The first-order valence-corrected chi connectivity index (χ1v) is 7.95. The van der Waals surface area contributed by atoms with Gasteiger partial charge in [0, 0.05) is 48.9 Å². The van der Waals surface area contributed by atoms with Crippen LogP contribution in [0.4, 0.5) is 0 Å². The van der Waals surface area contributed by atoms with Gasteiger partial charge in [-0.3, -0.25) is 9.59 Å². The average molecular weight is 277 g/mol. The van der Waals surface area contributed by atoms with Crippen LogP contribution in [0.3, 0.4) is 0 Å². The molecule has 6 heteroatoms. The predicted octanol–water partition coefficient (Wildman–Crippen LogP) is 1.55. The fourth-order valence-corrected chi connectivity index (χ4v) is 4.27. The van der Waals surface area contributed by atoms with Crippen LogP contribution >= 0.6 is 23.5 Å². The molecular weight excluding hydrogens is 258 g/mol. The molecule has 1 fully saturated rings. The van der Waals surface area contributed by atoms with Crippen molar-refractivity contribution in [2.45, 2.75) is 24.5 Å². The van der Waals surface area contributed by atoms with Gasteiger partial charge in [-0.05, 0) is 6.42 Å². The fraction of sp³-hybridized carbons (Fsp3) is 0.818. The zero-order valence-corrected chi connectivity index (χ0v) is 11.7. The molecule has 1 aliphatic rings. The van der Waals surface area contributed by atoms with Crippen LogP contribution in [0, 0.1) is 0 Å². The number of carboxylic acids is 1. The van der Waals surface area contributed by atoms with Crippen LogP contribution in [0.15, 0.2) is 0 Å². The summed E-state index contributed by atoms with van der Waals surface area (Å²) in [7, 11) is 1.75. The van der Waals surface area contributed by atoms with E-state index in [1.54, 1.807) is 11.9 Å². The monoisotopic (exact) mass is 277 g/mol. The topological polar surface area (TPSA) is 57.6 Å². The Morgan fingerprint density at radius 1 is 1.41 bits per heavy atom. The summed E-state index contributed by atoms with van der Waals surface area (Å²) in [6.45, 7) is 0.537. The highest BCUT2D eigenvalue weighted by molar-refractivity contribution is 8.06. The minimum atomic E-state index is -0.801. The number of hydrogen-bond acceptors (Lipinski definition) is 4. The zero-order chi connectivity index (χ0) is 12.7. The summed E-state index contributed by atoms with van der Waals surface area (Å²) in [6.07, 6.45) is 1.25. The number of rotatable bonds is 6.